The van der Waals surface area contributed by atoms with Crippen molar-refractivity contribution in [3.63, 3.8) is 0 Å². The molecule has 0 aliphatic carbocycles. The summed E-state index contributed by atoms with van der Waals surface area (Å²) in [6, 6.07) is 20.3. The number of hydrazine groups is 1. The first-order valence-electron chi connectivity index (χ1n) is 17.0. The van der Waals surface area contributed by atoms with Crippen molar-refractivity contribution in [2.45, 2.75) is 38.1 Å². The lowest BCUT2D eigenvalue weighted by atomic mass is 9.98. The largest absolute Gasteiger partial charge is 0.508 e. The number of phenols is 1. The summed E-state index contributed by atoms with van der Waals surface area (Å²) >= 11 is 0. The van der Waals surface area contributed by atoms with Gasteiger partial charge in [-0.25, -0.2) is 14.8 Å². The number of nitrogens with zero attached hydrogens (tertiary/aromatic N) is 5. The van der Waals surface area contributed by atoms with Gasteiger partial charge < -0.3 is 35.2 Å². The molecule has 3 heterocycles. The number of aliphatic hydroxyl groups excluding tert-OH is 1. The highest BCUT2D eigenvalue weighted by Gasteiger charge is 2.51. The number of hydrogen-bond acceptors (Lipinski definition) is 7. The molecule has 2 saturated heterocycles. The molecule has 4 aromatic rings. The number of phenolic OH excluding ortho intramolecular Hbond substituents is 1. The van der Waals surface area contributed by atoms with E-state index in [1.165, 1.54) is 9.91 Å². The number of aromatic nitrogens is 1. The van der Waals surface area contributed by atoms with Crippen LogP contribution >= 0.6 is 0 Å². The molecule has 266 valence electrons. The Balaban J connectivity index is 1.36. The molecule has 2 aliphatic rings. The minimum atomic E-state index is -0.934. The normalized spacial score (nSPS) is 17.8. The van der Waals surface area contributed by atoms with Crippen LogP contribution in [0.4, 0.5) is 4.79 Å². The van der Waals surface area contributed by atoms with Gasteiger partial charge >= 0.3 is 6.03 Å². The maximum absolute atomic E-state index is 14.5. The van der Waals surface area contributed by atoms with E-state index in [9.17, 15) is 24.3 Å². The van der Waals surface area contributed by atoms with Gasteiger partial charge in [0.05, 0.1) is 24.2 Å². The fraction of sp³-hybridized carbons (Fsp3) is 0.316. The van der Waals surface area contributed by atoms with Crippen LogP contribution in [0.2, 0.25) is 0 Å². The Kier molecular flexibility index (Phi) is 10.7. The molecule has 4 N–H and O–H groups in total. The van der Waals surface area contributed by atoms with Gasteiger partial charge in [-0.15, -0.1) is 6.58 Å². The van der Waals surface area contributed by atoms with Gasteiger partial charge in [0.2, 0.25) is 11.8 Å². The van der Waals surface area contributed by atoms with Crippen molar-refractivity contribution < 1.29 is 29.4 Å². The number of fused-ring (bicyclic) bond motifs is 2. The van der Waals surface area contributed by atoms with Gasteiger partial charge in [-0.1, -0.05) is 66.7 Å². The molecular weight excluding hydrogens is 650 g/mol. The van der Waals surface area contributed by atoms with Gasteiger partial charge in [-0.3, -0.25) is 14.4 Å². The van der Waals surface area contributed by atoms with E-state index < -0.39 is 18.2 Å². The highest BCUT2D eigenvalue weighted by Crippen LogP contribution is 2.31. The molecule has 0 unspecified atom stereocenters. The number of para-hydroxylation sites is 1. The van der Waals surface area contributed by atoms with Gasteiger partial charge in [0.1, 0.15) is 18.0 Å². The summed E-state index contributed by atoms with van der Waals surface area (Å²) in [5.74, 6) is -0.736. The first-order valence-corrected chi connectivity index (χ1v) is 17.0. The average Bonchev–Trinajstić information content (AvgIpc) is 3.47. The molecule has 0 spiro atoms. The van der Waals surface area contributed by atoms with Crippen molar-refractivity contribution in [1.82, 2.24) is 35.0 Å². The number of nitrogens with one attached hydrogen (secondary N) is 2. The number of rotatable bonds is 12. The molecule has 0 radical (unpaired) electrons. The SMILES string of the molecule is C=CCN1CC(=O)N2[C@@H](Cc3ccc(O)cc3)C(=O)N(Cc3cccc4c(C(=O)NCCCO)cn(C)c34)C[C@@H]2N1C(=O)NCc1ccccc1. The van der Waals surface area contributed by atoms with Gasteiger partial charge in [0.15, 0.2) is 0 Å². The summed E-state index contributed by atoms with van der Waals surface area (Å²) in [5.41, 5.74) is 3.71. The number of aliphatic hydroxyl groups is 1. The Morgan fingerprint density at radius 2 is 1.75 bits per heavy atom. The second-order valence-electron chi connectivity index (χ2n) is 12.8. The molecule has 2 fully saturated rings. The molecule has 13 heteroatoms. The van der Waals surface area contributed by atoms with E-state index in [4.69, 9.17) is 5.11 Å². The van der Waals surface area contributed by atoms with Crippen LogP contribution in [0.5, 0.6) is 5.75 Å². The van der Waals surface area contributed by atoms with Crippen LogP contribution in [0.1, 0.15) is 33.5 Å². The maximum atomic E-state index is 14.5. The Labute approximate surface area is 296 Å². The predicted octanol–water partition coefficient (Wildman–Crippen LogP) is 2.73. The molecule has 51 heavy (non-hydrogen) atoms. The molecule has 1 aromatic heterocycles. The summed E-state index contributed by atoms with van der Waals surface area (Å²) < 4.78 is 1.86. The van der Waals surface area contributed by atoms with Crippen LogP contribution in [0.15, 0.2) is 91.6 Å². The zero-order chi connectivity index (χ0) is 36.1. The monoisotopic (exact) mass is 693 g/mol. The van der Waals surface area contributed by atoms with Crippen molar-refractivity contribution in [3.05, 3.63) is 114 Å². The van der Waals surface area contributed by atoms with Crippen molar-refractivity contribution >= 4 is 34.7 Å². The molecule has 5 amide bonds. The number of aryl methyl sites for hydroxylation is 1. The number of carbonyl (C=O) groups excluding carboxylic acids is 4. The molecule has 13 nitrogen and oxygen atoms in total. The Hall–Kier alpha value is -5.66. The Bertz CT molecular complexity index is 1910. The molecule has 0 bridgehead atoms. The van der Waals surface area contributed by atoms with Crippen LogP contribution in [0, 0.1) is 0 Å². The number of hydrogen-bond donors (Lipinski definition) is 4. The highest BCUT2D eigenvalue weighted by atomic mass is 16.3. The number of piperazine rings is 1. The van der Waals surface area contributed by atoms with Gasteiger partial charge in [0.25, 0.3) is 5.91 Å². The fourth-order valence-electron chi connectivity index (χ4n) is 7.00. The minimum absolute atomic E-state index is 0.0287. The smallest absolute Gasteiger partial charge is 0.334 e. The van der Waals surface area contributed by atoms with E-state index >= 15 is 0 Å². The minimum Gasteiger partial charge on any atom is -0.508 e. The molecule has 0 saturated carbocycles. The topological polar surface area (TPSA) is 151 Å². The number of urea groups is 1. The summed E-state index contributed by atoms with van der Waals surface area (Å²) in [6.07, 6.45) is 3.17. The van der Waals surface area contributed by atoms with E-state index in [1.54, 1.807) is 46.4 Å². The molecular formula is C38H43N7O6. The lowest BCUT2D eigenvalue weighted by molar-refractivity contribution is -0.189. The van der Waals surface area contributed by atoms with Gasteiger partial charge in [-0.05, 0) is 35.2 Å². The number of aromatic hydroxyl groups is 1. The average molecular weight is 694 g/mol. The quantitative estimate of drug-likeness (QED) is 0.132. The molecule has 6 rings (SSSR count). The summed E-state index contributed by atoms with van der Waals surface area (Å²) in [4.78, 5) is 58.8. The van der Waals surface area contributed by atoms with Crippen molar-refractivity contribution in [2.24, 2.45) is 7.05 Å². The van der Waals surface area contributed by atoms with Crippen molar-refractivity contribution in [1.29, 1.82) is 0 Å². The van der Waals surface area contributed by atoms with Gasteiger partial charge in [0, 0.05) is 57.8 Å². The third-order valence-electron chi connectivity index (χ3n) is 9.34. The lowest BCUT2D eigenvalue weighted by Crippen LogP contribution is -2.76. The number of benzene rings is 3. The predicted molar refractivity (Wildman–Crippen MR) is 191 cm³/mol. The van der Waals surface area contributed by atoms with E-state index in [-0.39, 0.29) is 69.2 Å². The second-order valence-corrected chi connectivity index (χ2v) is 12.8. The Morgan fingerprint density at radius 1 is 0.980 bits per heavy atom. The lowest BCUT2D eigenvalue weighted by Gasteiger charge is -2.55. The zero-order valence-electron chi connectivity index (χ0n) is 28.6. The summed E-state index contributed by atoms with van der Waals surface area (Å²) in [6.45, 7) is 4.74. The molecule has 3 aromatic carbocycles. The number of carbonyl (C=O) groups is 4. The van der Waals surface area contributed by atoms with E-state index in [0.29, 0.717) is 18.5 Å². The first kappa shape index (κ1) is 35.2. The van der Waals surface area contributed by atoms with Crippen LogP contribution in [-0.2, 0) is 36.1 Å². The maximum Gasteiger partial charge on any atom is 0.334 e. The van der Waals surface area contributed by atoms with E-state index in [2.05, 4.69) is 17.2 Å². The second kappa shape index (κ2) is 15.5. The fourth-order valence-corrected chi connectivity index (χ4v) is 7.00. The van der Waals surface area contributed by atoms with Crippen LogP contribution in [-0.4, -0.2) is 103 Å². The van der Waals surface area contributed by atoms with Gasteiger partial charge in [-0.2, -0.15) is 0 Å². The number of amides is 5. The van der Waals surface area contributed by atoms with Crippen LogP contribution < -0.4 is 10.6 Å². The third-order valence-corrected chi connectivity index (χ3v) is 9.34. The summed E-state index contributed by atoms with van der Waals surface area (Å²) in [7, 11) is 1.84. The third kappa shape index (κ3) is 7.44. The Morgan fingerprint density at radius 3 is 2.47 bits per heavy atom. The standard InChI is InChI=1S/C38H43N7O6/c1-3-18-43-25-34(48)44-32(20-26-13-15-29(47)16-14-26)37(50)42(24-33(44)45(43)38(51)40-21-27-9-5-4-6-10-27)22-28-11-7-12-30-31(23-41(2)35(28)30)36(49)39-17-8-19-46/h3-7,9-16,23,32-33,46-47H,1,8,17-22,24-25H2,2H3,(H,39,49)(H,40,51)/t32-,33-/m0/s1. The molecule has 2 atom stereocenters. The van der Waals surface area contributed by atoms with Crippen molar-refractivity contribution in [2.75, 3.05) is 32.8 Å². The first-order chi connectivity index (χ1) is 24.7. The van der Waals surface area contributed by atoms with Crippen LogP contribution in [0.25, 0.3) is 10.9 Å². The van der Waals surface area contributed by atoms with E-state index in [0.717, 1.165) is 27.6 Å². The summed E-state index contributed by atoms with van der Waals surface area (Å²) in [5, 5.41) is 28.8. The van der Waals surface area contributed by atoms with Crippen LogP contribution in [0.3, 0.4) is 0 Å². The highest BCUT2D eigenvalue weighted by molar-refractivity contribution is 6.07. The van der Waals surface area contributed by atoms with Crippen molar-refractivity contribution in [3.8, 4) is 5.75 Å². The molecule has 2 aliphatic heterocycles. The van der Waals surface area contributed by atoms with E-state index in [1.807, 2.05) is 60.1 Å². The zero-order valence-corrected chi connectivity index (χ0v) is 28.6.